The molecule has 5 rings (SSSR count). The fourth-order valence-electron chi connectivity index (χ4n) is 4.55. The molecule has 2 aliphatic rings. The van der Waals surface area contributed by atoms with E-state index in [0.29, 0.717) is 53.1 Å². The van der Waals surface area contributed by atoms with Gasteiger partial charge in [-0.1, -0.05) is 0 Å². The Hall–Kier alpha value is -3.44. The van der Waals surface area contributed by atoms with Gasteiger partial charge in [-0.05, 0) is 31.7 Å². The van der Waals surface area contributed by atoms with Crippen molar-refractivity contribution in [2.45, 2.75) is 50.9 Å². The Kier molecular flexibility index (Phi) is 6.20. The summed E-state index contributed by atoms with van der Waals surface area (Å²) in [4.78, 5) is 36.3. The number of hydrogen-bond acceptors (Lipinski definition) is 8. The zero-order valence-electron chi connectivity index (χ0n) is 18.8. The first kappa shape index (κ1) is 22.4. The van der Waals surface area contributed by atoms with Crippen LogP contribution < -0.4 is 26.2 Å². The van der Waals surface area contributed by atoms with Crippen LogP contribution in [0.5, 0.6) is 5.75 Å². The molecular weight excluding hydrogens is 441 g/mol. The molecule has 10 nitrogen and oxygen atoms in total. The summed E-state index contributed by atoms with van der Waals surface area (Å²) in [5.41, 5.74) is 1.40. The van der Waals surface area contributed by atoms with Crippen molar-refractivity contribution < 1.29 is 13.9 Å². The van der Waals surface area contributed by atoms with Crippen LogP contribution in [0, 0.1) is 5.82 Å². The molecule has 3 N–H and O–H groups in total. The first-order valence-electron chi connectivity index (χ1n) is 11.4. The number of pyridine rings is 2. The first-order chi connectivity index (χ1) is 16.5. The fourth-order valence-corrected chi connectivity index (χ4v) is 4.55. The highest BCUT2D eigenvalue weighted by molar-refractivity contribution is 5.94. The van der Waals surface area contributed by atoms with Gasteiger partial charge in [0, 0.05) is 37.3 Å². The molecule has 0 aromatic carbocycles. The second-order valence-electron chi connectivity index (χ2n) is 8.70. The van der Waals surface area contributed by atoms with Crippen LogP contribution >= 0.6 is 0 Å². The number of nitrogens with zero attached hydrogens (tertiary/aromatic N) is 4. The Morgan fingerprint density at radius 2 is 1.82 bits per heavy atom. The first-order valence-corrected chi connectivity index (χ1v) is 11.4. The lowest BCUT2D eigenvalue weighted by molar-refractivity contribution is -0.118. The van der Waals surface area contributed by atoms with Gasteiger partial charge in [0.15, 0.2) is 18.2 Å². The van der Waals surface area contributed by atoms with Crippen molar-refractivity contribution in [2.75, 3.05) is 11.9 Å². The molecule has 0 spiro atoms. The molecule has 1 fully saturated rings. The predicted octanol–water partition coefficient (Wildman–Crippen LogP) is 1.38. The molecule has 1 amide bonds. The maximum absolute atomic E-state index is 14.6. The minimum absolute atomic E-state index is 0.0205. The largest absolute Gasteiger partial charge is 0.478 e. The van der Waals surface area contributed by atoms with Crippen LogP contribution in [0.25, 0.3) is 11.0 Å². The van der Waals surface area contributed by atoms with Crippen LogP contribution in [-0.2, 0) is 24.9 Å². The van der Waals surface area contributed by atoms with Gasteiger partial charge < -0.3 is 25.3 Å². The minimum Gasteiger partial charge on any atom is -0.478 e. The van der Waals surface area contributed by atoms with Crippen LogP contribution in [0.1, 0.15) is 37.1 Å². The highest BCUT2D eigenvalue weighted by atomic mass is 19.1. The Morgan fingerprint density at radius 3 is 2.59 bits per heavy atom. The van der Waals surface area contributed by atoms with Gasteiger partial charge in [-0.2, -0.15) is 0 Å². The summed E-state index contributed by atoms with van der Waals surface area (Å²) in [7, 11) is 1.64. The number of hydrogen-bond donors (Lipinski definition) is 3. The predicted molar refractivity (Wildman–Crippen MR) is 123 cm³/mol. The Balaban J connectivity index is 1.15. The van der Waals surface area contributed by atoms with Gasteiger partial charge in [-0.25, -0.2) is 14.4 Å². The number of anilines is 1. The second kappa shape index (κ2) is 9.43. The number of carbonyl (C=O) groups is 1. The quantitative estimate of drug-likeness (QED) is 0.497. The summed E-state index contributed by atoms with van der Waals surface area (Å²) in [5.74, 6) is 0.842. The smallest absolute Gasteiger partial charge is 0.263 e. The number of aryl methyl sites for hydroxylation is 1. The van der Waals surface area contributed by atoms with Crippen LogP contribution in [-0.4, -0.2) is 44.1 Å². The Bertz CT molecular complexity index is 1290. The van der Waals surface area contributed by atoms with E-state index in [1.165, 1.54) is 16.8 Å². The van der Waals surface area contributed by atoms with Crippen molar-refractivity contribution in [1.82, 2.24) is 30.2 Å². The van der Waals surface area contributed by atoms with Gasteiger partial charge in [0.1, 0.15) is 11.6 Å². The van der Waals surface area contributed by atoms with Crippen molar-refractivity contribution in [3.8, 4) is 5.75 Å². The van der Waals surface area contributed by atoms with Gasteiger partial charge >= 0.3 is 0 Å². The third-order valence-corrected chi connectivity index (χ3v) is 6.45. The van der Waals surface area contributed by atoms with Gasteiger partial charge in [0.2, 0.25) is 0 Å². The zero-order valence-corrected chi connectivity index (χ0v) is 18.8. The molecular formula is C23H26FN7O3. The minimum atomic E-state index is -0.414. The van der Waals surface area contributed by atoms with E-state index in [-0.39, 0.29) is 24.1 Å². The van der Waals surface area contributed by atoms with Crippen molar-refractivity contribution >= 4 is 22.8 Å². The summed E-state index contributed by atoms with van der Waals surface area (Å²) < 4.78 is 21.3. The van der Waals surface area contributed by atoms with Crippen LogP contribution in [0.3, 0.4) is 0 Å². The van der Waals surface area contributed by atoms with Crippen LogP contribution in [0.2, 0.25) is 0 Å². The molecule has 0 bridgehead atoms. The molecule has 1 aliphatic heterocycles. The normalized spacial score (nSPS) is 20.0. The number of rotatable bonds is 6. The number of halogens is 1. The zero-order chi connectivity index (χ0) is 23.7. The van der Waals surface area contributed by atoms with Crippen LogP contribution in [0.4, 0.5) is 10.2 Å². The standard InChI is InChI=1S/C23H26FN7O3/c1-31-21(33)7-6-17-22(31)15(16(24)9-27-17)8-25-13-2-4-14(5-3-13)26-11-19-28-10-18-23(29-19)30-20(32)12-34-18/h6-7,9-10,13-14,25-26H,2-5,8,11-12H2,1H3,(H,28,29,30,32). The molecule has 1 aliphatic carbocycles. The highest BCUT2D eigenvalue weighted by Crippen LogP contribution is 2.25. The lowest BCUT2D eigenvalue weighted by Gasteiger charge is -2.30. The average molecular weight is 468 g/mol. The van der Waals surface area contributed by atoms with E-state index in [0.717, 1.165) is 25.7 Å². The molecule has 0 unspecified atom stereocenters. The number of aromatic nitrogens is 4. The summed E-state index contributed by atoms with van der Waals surface area (Å²) in [6.45, 7) is 0.809. The van der Waals surface area contributed by atoms with E-state index in [2.05, 4.69) is 30.9 Å². The summed E-state index contributed by atoms with van der Waals surface area (Å²) in [6, 6.07) is 3.65. The molecule has 1 saturated carbocycles. The lowest BCUT2D eigenvalue weighted by Crippen LogP contribution is -2.40. The number of carbonyl (C=O) groups excluding carboxylic acids is 1. The van der Waals surface area contributed by atoms with Crippen molar-refractivity contribution in [3.63, 3.8) is 0 Å². The maximum atomic E-state index is 14.6. The molecule has 0 saturated heterocycles. The average Bonchev–Trinajstić information content (AvgIpc) is 2.85. The van der Waals surface area contributed by atoms with Gasteiger partial charge in [0.25, 0.3) is 11.5 Å². The molecule has 34 heavy (non-hydrogen) atoms. The van der Waals surface area contributed by atoms with E-state index < -0.39 is 5.82 Å². The molecule has 0 atom stereocenters. The van der Waals surface area contributed by atoms with E-state index in [4.69, 9.17) is 4.74 Å². The van der Waals surface area contributed by atoms with Crippen molar-refractivity contribution in [1.29, 1.82) is 0 Å². The summed E-state index contributed by atoms with van der Waals surface area (Å²) in [6.07, 6.45) is 6.59. The molecule has 178 valence electrons. The molecule has 3 aromatic rings. The second-order valence-corrected chi connectivity index (χ2v) is 8.70. The third kappa shape index (κ3) is 4.62. The van der Waals surface area contributed by atoms with Crippen molar-refractivity contribution in [3.05, 3.63) is 52.1 Å². The molecule has 3 aromatic heterocycles. The number of fused-ring (bicyclic) bond motifs is 2. The highest BCUT2D eigenvalue weighted by Gasteiger charge is 2.23. The number of nitrogens with one attached hydrogen (secondary N) is 3. The Morgan fingerprint density at radius 1 is 1.09 bits per heavy atom. The van der Waals surface area contributed by atoms with Gasteiger partial charge in [-0.3, -0.25) is 14.6 Å². The van der Waals surface area contributed by atoms with E-state index in [1.54, 1.807) is 19.3 Å². The van der Waals surface area contributed by atoms with Crippen LogP contribution in [0.15, 0.2) is 29.3 Å². The Labute approximate surface area is 195 Å². The third-order valence-electron chi connectivity index (χ3n) is 6.45. The topological polar surface area (TPSA) is 123 Å². The van der Waals surface area contributed by atoms with E-state index in [1.807, 2.05) is 0 Å². The molecule has 11 heteroatoms. The lowest BCUT2D eigenvalue weighted by atomic mass is 9.91. The van der Waals surface area contributed by atoms with E-state index >= 15 is 0 Å². The van der Waals surface area contributed by atoms with E-state index in [9.17, 15) is 14.0 Å². The fraction of sp³-hybridized carbons (Fsp3) is 0.435. The van der Waals surface area contributed by atoms with Gasteiger partial charge in [-0.15, -0.1) is 0 Å². The summed E-state index contributed by atoms with van der Waals surface area (Å²) >= 11 is 0. The van der Waals surface area contributed by atoms with Crippen molar-refractivity contribution in [2.24, 2.45) is 7.05 Å². The number of amides is 1. The SMILES string of the molecule is Cn1c(=O)ccc2ncc(F)c(CNC3CCC(NCc4ncc5c(n4)NC(=O)CO5)CC3)c21. The number of ether oxygens (including phenoxy) is 1. The monoisotopic (exact) mass is 467 g/mol. The molecule has 4 heterocycles. The van der Waals surface area contributed by atoms with Gasteiger partial charge in [0.05, 0.1) is 30.0 Å². The summed E-state index contributed by atoms with van der Waals surface area (Å²) in [5, 5.41) is 9.64. The maximum Gasteiger partial charge on any atom is 0.263 e. The molecule has 0 radical (unpaired) electrons.